The first-order valence-corrected chi connectivity index (χ1v) is 6.67. The van der Waals surface area contributed by atoms with Crippen LogP contribution < -0.4 is 20.9 Å². The van der Waals surface area contributed by atoms with Gasteiger partial charge in [-0.1, -0.05) is 0 Å². The molecule has 0 radical (unpaired) electrons. The molecule has 0 saturated heterocycles. The van der Waals surface area contributed by atoms with Crippen molar-refractivity contribution < 1.29 is 23.1 Å². The van der Waals surface area contributed by atoms with Gasteiger partial charge in [0.05, 0.1) is 12.8 Å². The summed E-state index contributed by atoms with van der Waals surface area (Å²) in [6.07, 6.45) is -1.60. The van der Waals surface area contributed by atoms with Gasteiger partial charge in [-0.25, -0.2) is 13.1 Å². The summed E-state index contributed by atoms with van der Waals surface area (Å²) in [5.74, 6) is -0.612. The fraction of sp³-hybridized carbons (Fsp3) is 0.300. The van der Waals surface area contributed by atoms with E-state index in [2.05, 4.69) is 0 Å². The van der Waals surface area contributed by atoms with Crippen LogP contribution in [0.5, 0.6) is 5.75 Å². The summed E-state index contributed by atoms with van der Waals surface area (Å²) in [4.78, 5) is 10.4. The molecule has 106 valence electrons. The summed E-state index contributed by atoms with van der Waals surface area (Å²) in [7, 11) is -2.52. The number of benzene rings is 1. The third-order valence-corrected chi connectivity index (χ3v) is 3.80. The van der Waals surface area contributed by atoms with E-state index in [0.717, 1.165) is 0 Å². The van der Waals surface area contributed by atoms with E-state index in [9.17, 15) is 13.2 Å². The molecule has 0 fully saturated rings. The maximum atomic E-state index is 11.9. The number of hydrogen-bond acceptors (Lipinski definition) is 6. The Balaban J connectivity index is 2.92. The monoisotopic (exact) mass is 289 g/mol. The summed E-state index contributed by atoms with van der Waals surface area (Å²) < 4.78 is 30.7. The molecule has 1 aromatic carbocycles. The Kier molecular flexibility index (Phi) is 4.70. The highest BCUT2D eigenvalue weighted by Gasteiger charge is 2.20. The van der Waals surface area contributed by atoms with Gasteiger partial charge in [0.15, 0.2) is 0 Å². The van der Waals surface area contributed by atoms with Crippen LogP contribution in [0.25, 0.3) is 0 Å². The van der Waals surface area contributed by atoms with Crippen molar-refractivity contribution in [2.45, 2.75) is 11.0 Å². The predicted octanol–water partition coefficient (Wildman–Crippen LogP) is -1.60. The molecule has 0 bridgehead atoms. The lowest BCUT2D eigenvalue weighted by Crippen LogP contribution is -2.40. The molecule has 0 aliphatic rings. The van der Waals surface area contributed by atoms with Crippen molar-refractivity contribution in [3.8, 4) is 5.75 Å². The largest absolute Gasteiger partial charge is 0.497 e. The minimum absolute atomic E-state index is 0.0135. The first kappa shape index (κ1) is 15.2. The van der Waals surface area contributed by atoms with E-state index < -0.39 is 28.6 Å². The van der Waals surface area contributed by atoms with Crippen LogP contribution in [0.2, 0.25) is 0 Å². The number of primary amides is 1. The second-order valence-corrected chi connectivity index (χ2v) is 5.41. The normalized spacial score (nSPS) is 12.9. The molecule has 1 rings (SSSR count). The smallest absolute Gasteiger partial charge is 0.247 e. The standard InChI is InChI=1S/C10H15N3O5S/c1-18-6-2-3-9(7(11)4-6)19(16,17)13-5-8(14)10(12)15/h2-4,8,13-14H,5,11H2,1H3,(H2,12,15). The number of aliphatic hydroxyl groups is 1. The number of nitrogen functional groups attached to an aromatic ring is 1. The Labute approximate surface area is 110 Å². The fourth-order valence-corrected chi connectivity index (χ4v) is 2.41. The Morgan fingerprint density at radius 2 is 2.16 bits per heavy atom. The van der Waals surface area contributed by atoms with Gasteiger partial charge in [-0.3, -0.25) is 4.79 Å². The highest BCUT2D eigenvalue weighted by atomic mass is 32.2. The summed E-state index contributed by atoms with van der Waals surface area (Å²) in [6.45, 7) is -0.525. The maximum absolute atomic E-state index is 11.9. The fourth-order valence-electron chi connectivity index (χ4n) is 1.27. The number of carbonyl (C=O) groups excluding carboxylic acids is 1. The number of carbonyl (C=O) groups is 1. The van der Waals surface area contributed by atoms with Crippen molar-refractivity contribution in [1.82, 2.24) is 4.72 Å². The van der Waals surface area contributed by atoms with Gasteiger partial charge in [-0.15, -0.1) is 0 Å². The molecule has 8 nitrogen and oxygen atoms in total. The third-order valence-electron chi connectivity index (χ3n) is 2.30. The Hall–Kier alpha value is -1.84. The van der Waals surface area contributed by atoms with Crippen LogP contribution in [-0.2, 0) is 14.8 Å². The van der Waals surface area contributed by atoms with Crippen LogP contribution in [-0.4, -0.2) is 39.2 Å². The van der Waals surface area contributed by atoms with Gasteiger partial charge in [0, 0.05) is 12.6 Å². The molecule has 1 atom stereocenters. The Morgan fingerprint density at radius 3 is 2.63 bits per heavy atom. The molecule has 1 amide bonds. The average Bonchev–Trinajstić information content (AvgIpc) is 2.35. The highest BCUT2D eigenvalue weighted by molar-refractivity contribution is 7.89. The zero-order valence-electron chi connectivity index (χ0n) is 10.2. The minimum atomic E-state index is -3.94. The lowest BCUT2D eigenvalue weighted by molar-refractivity contribution is -0.125. The number of anilines is 1. The van der Waals surface area contributed by atoms with Crippen molar-refractivity contribution in [2.75, 3.05) is 19.4 Å². The van der Waals surface area contributed by atoms with Crippen LogP contribution in [0, 0.1) is 0 Å². The maximum Gasteiger partial charge on any atom is 0.247 e. The van der Waals surface area contributed by atoms with E-state index in [1.54, 1.807) is 0 Å². The van der Waals surface area contributed by atoms with Crippen molar-refractivity contribution in [2.24, 2.45) is 5.73 Å². The third kappa shape index (κ3) is 3.81. The van der Waals surface area contributed by atoms with Gasteiger partial charge in [0.1, 0.15) is 16.7 Å². The van der Waals surface area contributed by atoms with E-state index in [0.29, 0.717) is 5.75 Å². The van der Waals surface area contributed by atoms with Crippen molar-refractivity contribution in [3.05, 3.63) is 18.2 Å². The summed E-state index contributed by atoms with van der Waals surface area (Å²) in [6, 6.07) is 4.03. The van der Waals surface area contributed by atoms with Crippen LogP contribution in [0.3, 0.4) is 0 Å². The second kappa shape index (κ2) is 5.87. The highest BCUT2D eigenvalue weighted by Crippen LogP contribution is 2.23. The van der Waals surface area contributed by atoms with Gasteiger partial charge in [-0.05, 0) is 12.1 Å². The number of sulfonamides is 1. The van der Waals surface area contributed by atoms with E-state index in [4.69, 9.17) is 21.3 Å². The number of amides is 1. The quantitative estimate of drug-likeness (QED) is 0.464. The molecule has 6 N–H and O–H groups in total. The molecule has 0 heterocycles. The molecule has 19 heavy (non-hydrogen) atoms. The summed E-state index contributed by atoms with van der Waals surface area (Å²) in [5.41, 5.74) is 10.4. The van der Waals surface area contributed by atoms with E-state index in [1.165, 1.54) is 25.3 Å². The van der Waals surface area contributed by atoms with Crippen molar-refractivity contribution in [3.63, 3.8) is 0 Å². The van der Waals surface area contributed by atoms with Crippen LogP contribution in [0.4, 0.5) is 5.69 Å². The molecule has 1 aromatic rings. The Morgan fingerprint density at radius 1 is 1.53 bits per heavy atom. The predicted molar refractivity (Wildman–Crippen MR) is 67.8 cm³/mol. The number of methoxy groups -OCH3 is 1. The van der Waals surface area contributed by atoms with Gasteiger partial charge in [0.2, 0.25) is 15.9 Å². The SMILES string of the molecule is COc1ccc(S(=O)(=O)NCC(O)C(N)=O)c(N)c1. The van der Waals surface area contributed by atoms with Crippen LogP contribution in [0.1, 0.15) is 0 Å². The number of ether oxygens (including phenoxy) is 1. The average molecular weight is 289 g/mol. The van der Waals surface area contributed by atoms with Crippen LogP contribution in [0.15, 0.2) is 23.1 Å². The van der Waals surface area contributed by atoms with Crippen LogP contribution >= 0.6 is 0 Å². The van der Waals surface area contributed by atoms with Gasteiger partial charge < -0.3 is 21.3 Å². The number of nitrogens with one attached hydrogen (secondary N) is 1. The first-order chi connectivity index (χ1) is 8.77. The van der Waals surface area contributed by atoms with Gasteiger partial charge in [0.25, 0.3) is 0 Å². The van der Waals surface area contributed by atoms with Crippen molar-refractivity contribution in [1.29, 1.82) is 0 Å². The lowest BCUT2D eigenvalue weighted by atomic mass is 10.3. The topological polar surface area (TPSA) is 145 Å². The first-order valence-electron chi connectivity index (χ1n) is 5.18. The Bertz CT molecular complexity index is 573. The molecule has 0 aromatic heterocycles. The molecule has 1 unspecified atom stereocenters. The number of nitrogens with two attached hydrogens (primary N) is 2. The number of hydrogen-bond donors (Lipinski definition) is 4. The summed E-state index contributed by atoms with van der Waals surface area (Å²) >= 11 is 0. The molecule has 0 spiro atoms. The molecule has 0 saturated carbocycles. The number of rotatable bonds is 6. The second-order valence-electron chi connectivity index (χ2n) is 3.67. The van der Waals surface area contributed by atoms with Gasteiger partial charge in [-0.2, -0.15) is 0 Å². The summed E-state index contributed by atoms with van der Waals surface area (Å²) in [5, 5.41) is 9.14. The molecular formula is C10H15N3O5S. The van der Waals surface area contributed by atoms with Crippen molar-refractivity contribution >= 4 is 21.6 Å². The lowest BCUT2D eigenvalue weighted by Gasteiger charge is -2.11. The zero-order chi connectivity index (χ0) is 14.6. The van der Waals surface area contributed by atoms with E-state index >= 15 is 0 Å². The molecular weight excluding hydrogens is 274 g/mol. The minimum Gasteiger partial charge on any atom is -0.497 e. The molecule has 0 aliphatic heterocycles. The number of aliphatic hydroxyl groups excluding tert-OH is 1. The van der Waals surface area contributed by atoms with Gasteiger partial charge >= 0.3 is 0 Å². The van der Waals surface area contributed by atoms with E-state index in [1.807, 2.05) is 4.72 Å². The van der Waals surface area contributed by atoms with E-state index in [-0.39, 0.29) is 10.6 Å². The molecule has 9 heteroatoms. The zero-order valence-corrected chi connectivity index (χ0v) is 11.0. The molecule has 0 aliphatic carbocycles.